The Labute approximate surface area is 128 Å². The normalized spacial score (nSPS) is 22.3. The van der Waals surface area contributed by atoms with Gasteiger partial charge in [0.15, 0.2) is 5.78 Å². The van der Waals surface area contributed by atoms with E-state index in [1.54, 1.807) is 7.11 Å². The van der Waals surface area contributed by atoms with Crippen molar-refractivity contribution in [2.45, 2.75) is 45.6 Å². The van der Waals surface area contributed by atoms with Crippen molar-refractivity contribution in [3.8, 4) is 5.75 Å². The largest absolute Gasteiger partial charge is 0.496 e. The van der Waals surface area contributed by atoms with Gasteiger partial charge in [-0.25, -0.2) is 0 Å². The first kappa shape index (κ1) is 16.0. The van der Waals surface area contributed by atoms with E-state index < -0.39 is 0 Å². The molecular weight excluding hydrogens is 262 g/mol. The Balaban J connectivity index is 2.03. The third-order valence-corrected chi connectivity index (χ3v) is 4.58. The van der Waals surface area contributed by atoms with Crippen LogP contribution < -0.4 is 4.74 Å². The van der Waals surface area contributed by atoms with E-state index in [2.05, 4.69) is 18.9 Å². The molecule has 1 saturated carbocycles. The fraction of sp³-hybridized carbons (Fsp3) is 0.611. The summed E-state index contributed by atoms with van der Waals surface area (Å²) in [6.45, 7) is 4.79. The molecule has 1 aromatic rings. The number of rotatable bonds is 5. The molecule has 0 aromatic heterocycles. The summed E-state index contributed by atoms with van der Waals surface area (Å²) < 4.78 is 5.35. The maximum absolute atomic E-state index is 12.5. The average molecular weight is 289 g/mol. The maximum atomic E-state index is 12.5. The van der Waals surface area contributed by atoms with E-state index in [0.29, 0.717) is 23.9 Å². The van der Waals surface area contributed by atoms with Crippen molar-refractivity contribution in [2.75, 3.05) is 20.7 Å². The van der Waals surface area contributed by atoms with E-state index in [9.17, 15) is 4.79 Å². The molecule has 0 aliphatic heterocycles. The molecule has 0 heterocycles. The topological polar surface area (TPSA) is 29.5 Å². The van der Waals surface area contributed by atoms with E-state index >= 15 is 0 Å². The van der Waals surface area contributed by atoms with Gasteiger partial charge in [0.2, 0.25) is 0 Å². The Morgan fingerprint density at radius 1 is 1.38 bits per heavy atom. The number of carbonyl (C=O) groups is 1. The van der Waals surface area contributed by atoms with Gasteiger partial charge < -0.3 is 4.74 Å². The van der Waals surface area contributed by atoms with Gasteiger partial charge in [0.25, 0.3) is 0 Å². The molecule has 0 saturated heterocycles. The minimum atomic E-state index is 0.146. The fourth-order valence-corrected chi connectivity index (χ4v) is 3.27. The number of Topliss-reactive ketones (excluding diaryl/α,β-unsaturated/α-hetero) is 1. The number of hydrogen-bond donors (Lipinski definition) is 0. The van der Waals surface area contributed by atoms with Gasteiger partial charge in [-0.2, -0.15) is 0 Å². The molecule has 1 aliphatic rings. The van der Waals surface area contributed by atoms with Gasteiger partial charge >= 0.3 is 0 Å². The summed E-state index contributed by atoms with van der Waals surface area (Å²) in [4.78, 5) is 14.8. The molecule has 0 spiro atoms. The van der Waals surface area contributed by atoms with Gasteiger partial charge in [-0.1, -0.05) is 25.8 Å². The Morgan fingerprint density at radius 3 is 2.81 bits per heavy atom. The van der Waals surface area contributed by atoms with Crippen LogP contribution in [0.1, 0.15) is 48.5 Å². The van der Waals surface area contributed by atoms with Crippen molar-refractivity contribution in [3.63, 3.8) is 0 Å². The van der Waals surface area contributed by atoms with Crippen LogP contribution in [-0.2, 0) is 0 Å². The van der Waals surface area contributed by atoms with E-state index in [4.69, 9.17) is 4.74 Å². The predicted octanol–water partition coefficient (Wildman–Crippen LogP) is 3.70. The van der Waals surface area contributed by atoms with Crippen molar-refractivity contribution >= 4 is 5.78 Å². The molecule has 21 heavy (non-hydrogen) atoms. The maximum Gasteiger partial charge on any atom is 0.180 e. The molecule has 1 aromatic carbocycles. The third kappa shape index (κ3) is 4.07. The number of ketones is 1. The second-order valence-electron chi connectivity index (χ2n) is 6.47. The summed E-state index contributed by atoms with van der Waals surface area (Å²) in [5.41, 5.74) is 1.80. The standard InChI is InChI=1S/C18H27NO2/c1-13-6-5-7-15(10-13)19(3)12-17(20)16-9-8-14(2)11-18(16)21-4/h8-9,11,13,15H,5-7,10,12H2,1-4H3. The summed E-state index contributed by atoms with van der Waals surface area (Å²) in [6.07, 6.45) is 5.01. The van der Waals surface area contributed by atoms with Crippen LogP contribution in [-0.4, -0.2) is 37.4 Å². The van der Waals surface area contributed by atoms with Crippen LogP contribution >= 0.6 is 0 Å². The first-order valence-corrected chi connectivity index (χ1v) is 7.89. The summed E-state index contributed by atoms with van der Waals surface area (Å²) in [5, 5.41) is 0. The van der Waals surface area contributed by atoms with Crippen LogP contribution in [0.5, 0.6) is 5.75 Å². The van der Waals surface area contributed by atoms with Crippen molar-refractivity contribution in [1.29, 1.82) is 0 Å². The first-order chi connectivity index (χ1) is 10.0. The SMILES string of the molecule is COc1cc(C)ccc1C(=O)CN(C)C1CCCC(C)C1. The van der Waals surface area contributed by atoms with Crippen molar-refractivity contribution in [2.24, 2.45) is 5.92 Å². The van der Waals surface area contributed by atoms with Crippen LogP contribution in [0, 0.1) is 12.8 Å². The van der Waals surface area contributed by atoms with Crippen molar-refractivity contribution < 1.29 is 9.53 Å². The summed E-state index contributed by atoms with van der Waals surface area (Å²) in [5.74, 6) is 1.60. The van der Waals surface area contributed by atoms with E-state index in [1.165, 1.54) is 25.7 Å². The Bertz CT molecular complexity index is 498. The molecular formula is C18H27NO2. The second-order valence-corrected chi connectivity index (χ2v) is 6.47. The average Bonchev–Trinajstić information content (AvgIpc) is 2.46. The molecule has 0 N–H and O–H groups in total. The molecule has 116 valence electrons. The summed E-state index contributed by atoms with van der Waals surface area (Å²) in [6, 6.07) is 6.32. The van der Waals surface area contributed by atoms with E-state index in [1.807, 2.05) is 25.1 Å². The van der Waals surface area contributed by atoms with Gasteiger partial charge in [0.1, 0.15) is 5.75 Å². The lowest BCUT2D eigenvalue weighted by Gasteiger charge is -2.33. The molecule has 3 heteroatoms. The number of nitrogens with zero attached hydrogens (tertiary/aromatic N) is 1. The molecule has 1 aliphatic carbocycles. The zero-order valence-electron chi connectivity index (χ0n) is 13.7. The summed E-state index contributed by atoms with van der Waals surface area (Å²) in [7, 11) is 3.69. The second kappa shape index (κ2) is 7.08. The van der Waals surface area contributed by atoms with Crippen LogP contribution in [0.15, 0.2) is 18.2 Å². The molecule has 2 rings (SSSR count). The molecule has 2 unspecified atom stereocenters. The van der Waals surface area contributed by atoms with E-state index in [-0.39, 0.29) is 5.78 Å². The van der Waals surface area contributed by atoms with Gasteiger partial charge in [0, 0.05) is 6.04 Å². The minimum Gasteiger partial charge on any atom is -0.496 e. The highest BCUT2D eigenvalue weighted by Crippen LogP contribution is 2.27. The number of aryl methyl sites for hydroxylation is 1. The number of methoxy groups -OCH3 is 1. The van der Waals surface area contributed by atoms with Gasteiger partial charge in [0.05, 0.1) is 19.2 Å². The zero-order chi connectivity index (χ0) is 15.4. The highest BCUT2D eigenvalue weighted by atomic mass is 16.5. The number of benzene rings is 1. The lowest BCUT2D eigenvalue weighted by molar-refractivity contribution is 0.0879. The fourth-order valence-electron chi connectivity index (χ4n) is 3.27. The van der Waals surface area contributed by atoms with Crippen LogP contribution in [0.25, 0.3) is 0 Å². The first-order valence-electron chi connectivity index (χ1n) is 7.89. The van der Waals surface area contributed by atoms with E-state index in [0.717, 1.165) is 11.5 Å². The smallest absolute Gasteiger partial charge is 0.180 e. The number of hydrogen-bond acceptors (Lipinski definition) is 3. The van der Waals surface area contributed by atoms with Crippen molar-refractivity contribution in [1.82, 2.24) is 4.90 Å². The highest BCUT2D eigenvalue weighted by molar-refractivity contribution is 6.00. The lowest BCUT2D eigenvalue weighted by atomic mass is 9.86. The molecule has 0 radical (unpaired) electrons. The lowest BCUT2D eigenvalue weighted by Crippen LogP contribution is -2.38. The molecule has 1 fully saturated rings. The Kier molecular flexibility index (Phi) is 5.40. The Hall–Kier alpha value is -1.35. The highest BCUT2D eigenvalue weighted by Gasteiger charge is 2.24. The monoisotopic (exact) mass is 289 g/mol. The summed E-state index contributed by atoms with van der Waals surface area (Å²) >= 11 is 0. The third-order valence-electron chi connectivity index (χ3n) is 4.58. The minimum absolute atomic E-state index is 0.146. The van der Waals surface area contributed by atoms with Gasteiger partial charge in [-0.15, -0.1) is 0 Å². The Morgan fingerprint density at radius 2 is 2.14 bits per heavy atom. The molecule has 3 nitrogen and oxygen atoms in total. The number of likely N-dealkylation sites (N-methyl/N-ethyl adjacent to an activating group) is 1. The molecule has 0 amide bonds. The molecule has 0 bridgehead atoms. The number of ether oxygens (including phenoxy) is 1. The van der Waals surface area contributed by atoms with Crippen LogP contribution in [0.2, 0.25) is 0 Å². The van der Waals surface area contributed by atoms with Gasteiger partial charge in [-0.3, -0.25) is 9.69 Å². The molecule has 2 atom stereocenters. The number of carbonyl (C=O) groups excluding carboxylic acids is 1. The van der Waals surface area contributed by atoms with Crippen LogP contribution in [0.3, 0.4) is 0 Å². The van der Waals surface area contributed by atoms with Gasteiger partial charge in [-0.05, 0) is 50.4 Å². The van der Waals surface area contributed by atoms with Crippen molar-refractivity contribution in [3.05, 3.63) is 29.3 Å². The zero-order valence-corrected chi connectivity index (χ0v) is 13.7. The van der Waals surface area contributed by atoms with Crippen LogP contribution in [0.4, 0.5) is 0 Å². The quantitative estimate of drug-likeness (QED) is 0.774. The predicted molar refractivity (Wildman–Crippen MR) is 86.1 cm³/mol.